The van der Waals surface area contributed by atoms with Gasteiger partial charge in [-0.15, -0.1) is 0 Å². The summed E-state index contributed by atoms with van der Waals surface area (Å²) in [4.78, 5) is 24.0. The van der Waals surface area contributed by atoms with Crippen LogP contribution in [0.1, 0.15) is 24.0 Å². The molecule has 0 radical (unpaired) electrons. The number of hydrogen-bond acceptors (Lipinski definition) is 3. The van der Waals surface area contributed by atoms with Crippen LogP contribution in [-0.4, -0.2) is 18.5 Å². The van der Waals surface area contributed by atoms with Gasteiger partial charge in [0.2, 0.25) is 0 Å². The summed E-state index contributed by atoms with van der Waals surface area (Å²) in [7, 11) is 0. The van der Waals surface area contributed by atoms with Gasteiger partial charge in [0.1, 0.15) is 0 Å². The van der Waals surface area contributed by atoms with Gasteiger partial charge in [0, 0.05) is 5.69 Å². The van der Waals surface area contributed by atoms with E-state index in [1.807, 2.05) is 32.0 Å². The second-order valence-corrected chi connectivity index (χ2v) is 6.42. The lowest BCUT2D eigenvalue weighted by atomic mass is 9.94. The first kappa shape index (κ1) is 14.8. The average molecular weight is 299 g/mol. The Kier molecular flexibility index (Phi) is 4.01. The third kappa shape index (κ3) is 3.21. The summed E-state index contributed by atoms with van der Waals surface area (Å²) in [6.45, 7) is 3.74. The fourth-order valence-corrected chi connectivity index (χ4v) is 3.54. The summed E-state index contributed by atoms with van der Waals surface area (Å²) in [5, 5.41) is 2.77. The number of nitrogens with one attached hydrogen (secondary N) is 1. The van der Waals surface area contributed by atoms with E-state index in [0.717, 1.165) is 29.7 Å². The summed E-state index contributed by atoms with van der Waals surface area (Å²) < 4.78 is 5.19. The second-order valence-electron chi connectivity index (χ2n) is 6.42. The van der Waals surface area contributed by atoms with Gasteiger partial charge in [-0.1, -0.05) is 18.2 Å². The van der Waals surface area contributed by atoms with Gasteiger partial charge in [0.15, 0.2) is 6.61 Å². The molecule has 1 amide bonds. The Morgan fingerprint density at radius 2 is 1.86 bits per heavy atom. The van der Waals surface area contributed by atoms with Crippen molar-refractivity contribution in [3.8, 4) is 0 Å². The Balaban J connectivity index is 1.50. The lowest BCUT2D eigenvalue weighted by molar-refractivity contribution is -0.152. The molecule has 0 saturated heterocycles. The van der Waals surface area contributed by atoms with E-state index in [0.29, 0.717) is 11.8 Å². The molecule has 2 aliphatic rings. The summed E-state index contributed by atoms with van der Waals surface area (Å²) in [5.41, 5.74) is 2.91. The van der Waals surface area contributed by atoms with Gasteiger partial charge in [0.25, 0.3) is 5.91 Å². The molecule has 0 unspecified atom stereocenters. The third-order valence-corrected chi connectivity index (χ3v) is 4.43. The van der Waals surface area contributed by atoms with E-state index in [2.05, 4.69) is 17.5 Å². The highest BCUT2D eigenvalue weighted by Gasteiger charge is 2.40. The smallest absolute Gasteiger partial charge is 0.310 e. The van der Waals surface area contributed by atoms with Crippen LogP contribution in [0.5, 0.6) is 0 Å². The minimum Gasteiger partial charge on any atom is -0.455 e. The Hall–Kier alpha value is -2.10. The predicted octanol–water partition coefficient (Wildman–Crippen LogP) is 3.00. The fraction of sp³-hybridized carbons (Fsp3) is 0.444. The summed E-state index contributed by atoms with van der Waals surface area (Å²) in [6, 6.07) is 5.83. The van der Waals surface area contributed by atoms with Crippen LogP contribution in [-0.2, 0) is 14.3 Å². The first-order valence-corrected chi connectivity index (χ1v) is 7.74. The van der Waals surface area contributed by atoms with Crippen LogP contribution in [0, 0.1) is 31.6 Å². The Morgan fingerprint density at radius 3 is 2.45 bits per heavy atom. The molecule has 4 nitrogen and oxygen atoms in total. The van der Waals surface area contributed by atoms with Crippen molar-refractivity contribution in [1.82, 2.24) is 0 Å². The topological polar surface area (TPSA) is 55.4 Å². The molecule has 2 bridgehead atoms. The van der Waals surface area contributed by atoms with Crippen LogP contribution in [0.4, 0.5) is 5.69 Å². The molecular weight excluding hydrogens is 278 g/mol. The molecule has 3 rings (SSSR count). The average Bonchev–Trinajstić information content (AvgIpc) is 3.06. The normalized spacial score (nSPS) is 25.3. The minimum atomic E-state index is -0.294. The molecule has 0 aromatic heterocycles. The van der Waals surface area contributed by atoms with Crippen molar-refractivity contribution in [2.75, 3.05) is 11.9 Å². The number of anilines is 1. The number of fused-ring (bicyclic) bond motifs is 2. The zero-order valence-corrected chi connectivity index (χ0v) is 13.0. The van der Waals surface area contributed by atoms with Crippen LogP contribution < -0.4 is 5.32 Å². The van der Waals surface area contributed by atoms with Gasteiger partial charge in [0.05, 0.1) is 5.92 Å². The maximum absolute atomic E-state index is 12.1. The third-order valence-electron chi connectivity index (χ3n) is 4.43. The van der Waals surface area contributed by atoms with E-state index in [-0.39, 0.29) is 24.4 Å². The molecule has 116 valence electrons. The fourth-order valence-electron chi connectivity index (χ4n) is 3.54. The number of benzene rings is 1. The van der Waals surface area contributed by atoms with Crippen LogP contribution in [0.3, 0.4) is 0 Å². The minimum absolute atomic E-state index is 0.0657. The van der Waals surface area contributed by atoms with Gasteiger partial charge in [-0.3, -0.25) is 9.59 Å². The van der Waals surface area contributed by atoms with Crippen LogP contribution in [0.25, 0.3) is 0 Å². The van der Waals surface area contributed by atoms with Gasteiger partial charge in [-0.2, -0.15) is 0 Å². The number of allylic oxidation sites excluding steroid dienone is 2. The zero-order chi connectivity index (χ0) is 15.7. The molecule has 22 heavy (non-hydrogen) atoms. The number of carbonyl (C=O) groups is 2. The highest BCUT2D eigenvalue weighted by atomic mass is 16.5. The molecule has 1 aromatic carbocycles. The zero-order valence-electron chi connectivity index (χ0n) is 13.0. The molecule has 1 aromatic rings. The molecular formula is C18H21NO3. The largest absolute Gasteiger partial charge is 0.455 e. The van der Waals surface area contributed by atoms with Gasteiger partial charge >= 0.3 is 5.97 Å². The van der Waals surface area contributed by atoms with E-state index in [1.54, 1.807) is 0 Å². The quantitative estimate of drug-likeness (QED) is 0.687. The molecule has 2 aliphatic carbocycles. The second kappa shape index (κ2) is 5.95. The first-order chi connectivity index (χ1) is 10.5. The first-order valence-electron chi connectivity index (χ1n) is 7.74. The van der Waals surface area contributed by atoms with E-state index in [4.69, 9.17) is 4.74 Å². The van der Waals surface area contributed by atoms with E-state index >= 15 is 0 Å². The predicted molar refractivity (Wildman–Crippen MR) is 84.3 cm³/mol. The molecule has 0 spiro atoms. The lowest BCUT2D eigenvalue weighted by Crippen LogP contribution is -2.26. The van der Waals surface area contributed by atoms with Crippen molar-refractivity contribution in [2.24, 2.45) is 17.8 Å². The van der Waals surface area contributed by atoms with Crippen molar-refractivity contribution in [2.45, 2.75) is 26.7 Å². The van der Waals surface area contributed by atoms with Crippen molar-refractivity contribution in [3.63, 3.8) is 0 Å². The number of esters is 1. The van der Waals surface area contributed by atoms with Gasteiger partial charge < -0.3 is 10.1 Å². The number of rotatable bonds is 4. The standard InChI is InChI=1S/C18H21NO3/c1-11-5-12(2)7-15(6-11)19-17(20)10-22-18(21)16-9-13-3-4-14(16)8-13/h3-7,13-14,16H,8-10H2,1-2H3,(H,19,20)/t13-,14-,16-/m0/s1. The van der Waals surface area contributed by atoms with Crippen molar-refractivity contribution < 1.29 is 14.3 Å². The van der Waals surface area contributed by atoms with Crippen LogP contribution >= 0.6 is 0 Å². The monoisotopic (exact) mass is 299 g/mol. The number of amides is 1. The van der Waals surface area contributed by atoms with Gasteiger partial charge in [-0.05, 0) is 61.8 Å². The van der Waals surface area contributed by atoms with Crippen molar-refractivity contribution in [1.29, 1.82) is 0 Å². The van der Waals surface area contributed by atoms with E-state index in [1.165, 1.54) is 0 Å². The Bertz CT molecular complexity index is 615. The van der Waals surface area contributed by atoms with Crippen molar-refractivity contribution in [3.05, 3.63) is 41.5 Å². The van der Waals surface area contributed by atoms with Crippen LogP contribution in [0.15, 0.2) is 30.4 Å². The molecule has 0 heterocycles. The Morgan fingerprint density at radius 1 is 1.14 bits per heavy atom. The summed E-state index contributed by atoms with van der Waals surface area (Å²) in [6.07, 6.45) is 6.20. The molecule has 4 heteroatoms. The Labute approximate surface area is 130 Å². The van der Waals surface area contributed by atoms with Gasteiger partial charge in [-0.25, -0.2) is 0 Å². The number of aryl methyl sites for hydroxylation is 2. The maximum atomic E-state index is 12.1. The number of carbonyl (C=O) groups excluding carboxylic acids is 2. The number of hydrogen-bond donors (Lipinski definition) is 1. The summed E-state index contributed by atoms with van der Waals surface area (Å²) >= 11 is 0. The molecule has 3 atom stereocenters. The van der Waals surface area contributed by atoms with E-state index < -0.39 is 0 Å². The molecule has 1 saturated carbocycles. The maximum Gasteiger partial charge on any atom is 0.310 e. The highest BCUT2D eigenvalue weighted by Crippen LogP contribution is 2.43. The summed E-state index contributed by atoms with van der Waals surface area (Å²) in [5.74, 6) is 0.222. The number of ether oxygens (including phenoxy) is 1. The van der Waals surface area contributed by atoms with Crippen LogP contribution in [0.2, 0.25) is 0 Å². The van der Waals surface area contributed by atoms with E-state index in [9.17, 15) is 9.59 Å². The molecule has 1 fully saturated rings. The molecule has 1 N–H and O–H groups in total. The SMILES string of the molecule is Cc1cc(C)cc(NC(=O)COC(=O)[C@H]2C[C@H]3C=C[C@H]2C3)c1. The van der Waals surface area contributed by atoms with Crippen molar-refractivity contribution >= 4 is 17.6 Å². The lowest BCUT2D eigenvalue weighted by Gasteiger charge is -2.16. The highest BCUT2D eigenvalue weighted by molar-refractivity contribution is 5.93. The molecule has 0 aliphatic heterocycles.